The zero-order chi connectivity index (χ0) is 13.7. The van der Waals surface area contributed by atoms with Gasteiger partial charge in [-0.15, -0.1) is 0 Å². The van der Waals surface area contributed by atoms with E-state index < -0.39 is 0 Å². The van der Waals surface area contributed by atoms with Crippen molar-refractivity contribution in [3.8, 4) is 0 Å². The summed E-state index contributed by atoms with van der Waals surface area (Å²) < 4.78 is 0. The summed E-state index contributed by atoms with van der Waals surface area (Å²) in [5, 5.41) is 6.10. The number of benzene rings is 1. The van der Waals surface area contributed by atoms with Crippen LogP contribution in [0.3, 0.4) is 0 Å². The van der Waals surface area contributed by atoms with Crippen LogP contribution in [-0.4, -0.2) is 24.4 Å². The quantitative estimate of drug-likeness (QED) is 0.833. The molecule has 1 saturated carbocycles. The van der Waals surface area contributed by atoms with E-state index in [0.717, 1.165) is 18.4 Å². The van der Waals surface area contributed by atoms with E-state index in [1.165, 1.54) is 0 Å². The molecule has 1 aromatic rings. The van der Waals surface area contributed by atoms with E-state index in [0.29, 0.717) is 23.9 Å². The van der Waals surface area contributed by atoms with Crippen LogP contribution in [0.15, 0.2) is 24.3 Å². The third-order valence-corrected chi connectivity index (χ3v) is 3.15. The first-order valence-electron chi connectivity index (χ1n) is 6.44. The third kappa shape index (κ3) is 5.30. The van der Waals surface area contributed by atoms with Crippen molar-refractivity contribution in [2.24, 2.45) is 0 Å². The van der Waals surface area contributed by atoms with Crippen molar-refractivity contribution in [1.82, 2.24) is 10.6 Å². The molecule has 1 aromatic carbocycles. The van der Waals surface area contributed by atoms with Gasteiger partial charge in [-0.1, -0.05) is 23.7 Å². The number of amides is 2. The summed E-state index contributed by atoms with van der Waals surface area (Å²) in [7, 11) is 0. The van der Waals surface area contributed by atoms with Gasteiger partial charge in [0.1, 0.15) is 0 Å². The van der Waals surface area contributed by atoms with Gasteiger partial charge in [0, 0.05) is 17.5 Å². The molecule has 5 heteroatoms. The summed E-state index contributed by atoms with van der Waals surface area (Å²) in [5.41, 5.74) is 1.02. The zero-order valence-corrected chi connectivity index (χ0v) is 11.4. The van der Waals surface area contributed by atoms with Crippen LogP contribution in [0, 0.1) is 0 Å². The Hall–Kier alpha value is -1.55. The van der Waals surface area contributed by atoms with E-state index >= 15 is 0 Å². The predicted octanol–water partition coefficient (Wildman–Crippen LogP) is 1.67. The molecule has 0 bridgehead atoms. The van der Waals surface area contributed by atoms with Gasteiger partial charge in [0.15, 0.2) is 0 Å². The molecule has 0 atom stereocenters. The van der Waals surface area contributed by atoms with Gasteiger partial charge < -0.3 is 10.6 Å². The van der Waals surface area contributed by atoms with E-state index in [1.54, 1.807) is 6.07 Å². The van der Waals surface area contributed by atoms with Gasteiger partial charge in [-0.25, -0.2) is 0 Å². The van der Waals surface area contributed by atoms with Gasteiger partial charge in [-0.3, -0.25) is 9.59 Å². The molecular formula is C14H17ClN2O2. The molecular weight excluding hydrogens is 264 g/mol. The molecule has 1 aliphatic carbocycles. The second-order valence-electron chi connectivity index (χ2n) is 4.75. The molecule has 4 nitrogen and oxygen atoms in total. The Kier molecular flexibility index (Phi) is 4.80. The van der Waals surface area contributed by atoms with Gasteiger partial charge in [0.25, 0.3) is 0 Å². The van der Waals surface area contributed by atoms with Crippen molar-refractivity contribution in [2.45, 2.75) is 31.7 Å². The van der Waals surface area contributed by atoms with E-state index in [2.05, 4.69) is 10.6 Å². The van der Waals surface area contributed by atoms with Crippen molar-refractivity contribution in [2.75, 3.05) is 6.54 Å². The monoisotopic (exact) mass is 280 g/mol. The maximum atomic E-state index is 11.6. The Morgan fingerprint density at radius 3 is 2.74 bits per heavy atom. The van der Waals surface area contributed by atoms with Crippen LogP contribution in [0.25, 0.3) is 0 Å². The van der Waals surface area contributed by atoms with Gasteiger partial charge in [0.05, 0.1) is 6.54 Å². The lowest BCUT2D eigenvalue weighted by Gasteiger charge is -2.06. The maximum absolute atomic E-state index is 11.6. The SMILES string of the molecule is O=C(CCc1cccc(Cl)c1)NCC(=O)NC1CC1. The number of hydrogen-bond acceptors (Lipinski definition) is 2. The molecule has 1 aliphatic rings. The second kappa shape index (κ2) is 6.57. The van der Waals surface area contributed by atoms with Crippen LogP contribution in [0.2, 0.25) is 5.02 Å². The normalized spacial score (nSPS) is 13.9. The molecule has 0 saturated heterocycles. The summed E-state index contributed by atoms with van der Waals surface area (Å²) in [6.45, 7) is 0.0604. The summed E-state index contributed by atoms with van der Waals surface area (Å²) >= 11 is 5.86. The second-order valence-corrected chi connectivity index (χ2v) is 5.18. The first kappa shape index (κ1) is 13.9. The Balaban J connectivity index is 1.65. The standard InChI is InChI=1S/C14H17ClN2O2/c15-11-3-1-2-10(8-11)4-7-13(18)16-9-14(19)17-12-5-6-12/h1-3,8,12H,4-7,9H2,(H,16,18)(H,17,19). The lowest BCUT2D eigenvalue weighted by atomic mass is 10.1. The van der Waals surface area contributed by atoms with Gasteiger partial charge in [-0.2, -0.15) is 0 Å². The summed E-state index contributed by atoms with van der Waals surface area (Å²) in [5.74, 6) is -0.232. The fraction of sp³-hybridized carbons (Fsp3) is 0.429. The minimum atomic E-state index is -0.120. The number of halogens is 1. The van der Waals surface area contributed by atoms with Crippen LogP contribution < -0.4 is 10.6 Å². The lowest BCUT2D eigenvalue weighted by Crippen LogP contribution is -2.37. The molecule has 0 heterocycles. The molecule has 2 rings (SSSR count). The van der Waals surface area contributed by atoms with E-state index in [-0.39, 0.29) is 18.4 Å². The minimum Gasteiger partial charge on any atom is -0.352 e. The molecule has 2 N–H and O–H groups in total. The third-order valence-electron chi connectivity index (χ3n) is 2.92. The summed E-state index contributed by atoms with van der Waals surface area (Å²) in [6.07, 6.45) is 3.08. The number of carbonyl (C=O) groups is 2. The Morgan fingerprint density at radius 2 is 2.05 bits per heavy atom. The fourth-order valence-corrected chi connectivity index (χ4v) is 1.94. The van der Waals surface area contributed by atoms with Gasteiger partial charge >= 0.3 is 0 Å². The van der Waals surface area contributed by atoms with Crippen LogP contribution in [0.5, 0.6) is 0 Å². The smallest absolute Gasteiger partial charge is 0.239 e. The molecule has 0 aromatic heterocycles. The lowest BCUT2D eigenvalue weighted by molar-refractivity contribution is -0.126. The highest BCUT2D eigenvalue weighted by molar-refractivity contribution is 6.30. The van der Waals surface area contributed by atoms with Crippen molar-refractivity contribution in [3.63, 3.8) is 0 Å². The molecule has 102 valence electrons. The van der Waals surface area contributed by atoms with Gasteiger partial charge in [-0.05, 0) is 37.0 Å². The van der Waals surface area contributed by atoms with Crippen LogP contribution in [0.1, 0.15) is 24.8 Å². The highest BCUT2D eigenvalue weighted by Gasteiger charge is 2.23. The first-order chi connectivity index (χ1) is 9.13. The van der Waals surface area contributed by atoms with Crippen molar-refractivity contribution >= 4 is 23.4 Å². The van der Waals surface area contributed by atoms with E-state index in [1.807, 2.05) is 18.2 Å². The highest BCUT2D eigenvalue weighted by Crippen LogP contribution is 2.18. The van der Waals surface area contributed by atoms with E-state index in [4.69, 9.17) is 11.6 Å². The zero-order valence-electron chi connectivity index (χ0n) is 10.6. The molecule has 19 heavy (non-hydrogen) atoms. The summed E-state index contributed by atoms with van der Waals surface area (Å²) in [4.78, 5) is 23.0. The number of rotatable bonds is 6. The van der Waals surface area contributed by atoms with Crippen LogP contribution in [-0.2, 0) is 16.0 Å². The number of nitrogens with one attached hydrogen (secondary N) is 2. The minimum absolute atomic E-state index is 0.0604. The van der Waals surface area contributed by atoms with Crippen molar-refractivity contribution in [3.05, 3.63) is 34.9 Å². The molecule has 2 amide bonds. The molecule has 0 radical (unpaired) electrons. The van der Waals surface area contributed by atoms with E-state index in [9.17, 15) is 9.59 Å². The highest BCUT2D eigenvalue weighted by atomic mass is 35.5. The summed E-state index contributed by atoms with van der Waals surface area (Å²) in [6, 6.07) is 7.76. The molecule has 0 aliphatic heterocycles. The number of aryl methyl sites for hydroxylation is 1. The largest absolute Gasteiger partial charge is 0.352 e. The van der Waals surface area contributed by atoms with Crippen molar-refractivity contribution in [1.29, 1.82) is 0 Å². The first-order valence-corrected chi connectivity index (χ1v) is 6.82. The molecule has 1 fully saturated rings. The van der Waals surface area contributed by atoms with Crippen LogP contribution >= 0.6 is 11.6 Å². The fourth-order valence-electron chi connectivity index (χ4n) is 1.72. The van der Waals surface area contributed by atoms with Gasteiger partial charge in [0.2, 0.25) is 11.8 Å². The number of hydrogen-bond donors (Lipinski definition) is 2. The Morgan fingerprint density at radius 1 is 1.26 bits per heavy atom. The average Bonchev–Trinajstić information content (AvgIpc) is 3.18. The topological polar surface area (TPSA) is 58.2 Å². The van der Waals surface area contributed by atoms with Crippen molar-refractivity contribution < 1.29 is 9.59 Å². The Labute approximate surface area is 117 Å². The molecule has 0 unspecified atom stereocenters. The average molecular weight is 281 g/mol. The van der Waals surface area contributed by atoms with Crippen LogP contribution in [0.4, 0.5) is 0 Å². The molecule has 0 spiro atoms. The maximum Gasteiger partial charge on any atom is 0.239 e. The predicted molar refractivity (Wildman–Crippen MR) is 73.9 cm³/mol. The number of carbonyl (C=O) groups excluding carboxylic acids is 2. The Bertz CT molecular complexity index is 472.